The molecule has 1 N–H and O–H groups in total. The van der Waals surface area contributed by atoms with Crippen molar-refractivity contribution in [3.05, 3.63) is 42.4 Å². The fourth-order valence-electron chi connectivity index (χ4n) is 3.16. The molecule has 0 bridgehead atoms. The number of nitrogens with zero attached hydrogens (tertiary/aromatic N) is 4. The summed E-state index contributed by atoms with van der Waals surface area (Å²) in [6.45, 7) is 3.90. The molecule has 2 aliphatic heterocycles. The van der Waals surface area contributed by atoms with Gasteiger partial charge in [0.15, 0.2) is 11.5 Å². The molecule has 0 radical (unpaired) electrons. The second-order valence-corrected chi connectivity index (χ2v) is 6.09. The van der Waals surface area contributed by atoms with Crippen LogP contribution in [0.25, 0.3) is 0 Å². The second-order valence-electron chi connectivity index (χ2n) is 6.09. The predicted octanol–water partition coefficient (Wildman–Crippen LogP) is 0.888. The number of ether oxygens (including phenoxy) is 2. The summed E-state index contributed by atoms with van der Waals surface area (Å²) in [5.41, 5.74) is 1.15. The van der Waals surface area contributed by atoms with E-state index in [1.807, 2.05) is 18.2 Å². The molecule has 126 valence electrons. The summed E-state index contributed by atoms with van der Waals surface area (Å²) in [6, 6.07) is 6.00. The number of benzene rings is 1. The van der Waals surface area contributed by atoms with Crippen molar-refractivity contribution in [1.29, 1.82) is 0 Å². The van der Waals surface area contributed by atoms with Gasteiger partial charge in [-0.1, -0.05) is 6.07 Å². The molecule has 0 amide bonds. The molecule has 0 saturated carbocycles. The number of aliphatic hydroxyl groups excluding tert-OH is 1. The number of anilines is 1. The molecule has 2 aromatic rings. The molecule has 7 nitrogen and oxygen atoms in total. The number of rotatable bonds is 3. The molecule has 4 rings (SSSR count). The maximum absolute atomic E-state index is 10.3. The van der Waals surface area contributed by atoms with Gasteiger partial charge in [0.25, 0.3) is 0 Å². The highest BCUT2D eigenvalue weighted by Gasteiger charge is 2.23. The zero-order chi connectivity index (χ0) is 16.4. The molecule has 1 fully saturated rings. The summed E-state index contributed by atoms with van der Waals surface area (Å²) in [5, 5.41) is 10.3. The van der Waals surface area contributed by atoms with Gasteiger partial charge in [-0.15, -0.1) is 0 Å². The Balaban J connectivity index is 1.43. The molecule has 1 aromatic carbocycles. The Morgan fingerprint density at radius 1 is 1.12 bits per heavy atom. The van der Waals surface area contributed by atoms with Crippen LogP contribution < -0.4 is 14.4 Å². The predicted molar refractivity (Wildman–Crippen MR) is 88.1 cm³/mol. The van der Waals surface area contributed by atoms with E-state index in [4.69, 9.17) is 9.47 Å². The quantitative estimate of drug-likeness (QED) is 0.897. The highest BCUT2D eigenvalue weighted by molar-refractivity contribution is 5.44. The largest absolute Gasteiger partial charge is 0.454 e. The summed E-state index contributed by atoms with van der Waals surface area (Å²) in [6.07, 6.45) is 4.64. The van der Waals surface area contributed by atoms with Crippen LogP contribution >= 0.6 is 0 Å². The molecule has 2 aliphatic rings. The monoisotopic (exact) mass is 328 g/mol. The Kier molecular flexibility index (Phi) is 4.18. The van der Waals surface area contributed by atoms with Crippen LogP contribution in [0.4, 0.5) is 5.82 Å². The molecule has 7 heteroatoms. The summed E-state index contributed by atoms with van der Waals surface area (Å²) in [7, 11) is 0. The number of fused-ring (bicyclic) bond motifs is 1. The maximum atomic E-state index is 10.3. The first-order chi connectivity index (χ1) is 11.8. The highest BCUT2D eigenvalue weighted by Crippen LogP contribution is 2.32. The van der Waals surface area contributed by atoms with E-state index in [1.54, 1.807) is 18.6 Å². The number of hydrogen-bond donors (Lipinski definition) is 1. The van der Waals surface area contributed by atoms with Crippen molar-refractivity contribution < 1.29 is 14.6 Å². The molecular weight excluding hydrogens is 308 g/mol. The van der Waals surface area contributed by atoms with E-state index in [0.717, 1.165) is 42.5 Å². The lowest BCUT2D eigenvalue weighted by Gasteiger charge is -2.22. The average Bonchev–Trinajstić information content (AvgIpc) is 2.98. The van der Waals surface area contributed by atoms with E-state index >= 15 is 0 Å². The Morgan fingerprint density at radius 3 is 2.92 bits per heavy atom. The van der Waals surface area contributed by atoms with Crippen molar-refractivity contribution in [1.82, 2.24) is 14.9 Å². The molecule has 24 heavy (non-hydrogen) atoms. The van der Waals surface area contributed by atoms with Crippen LogP contribution in [0.3, 0.4) is 0 Å². The van der Waals surface area contributed by atoms with Crippen molar-refractivity contribution in [2.75, 3.05) is 37.9 Å². The third-order valence-electron chi connectivity index (χ3n) is 4.30. The van der Waals surface area contributed by atoms with Crippen molar-refractivity contribution in [3.63, 3.8) is 0 Å². The SMILES string of the molecule is O[C@H]1CN(Cc2ccc3c(c2)OCO3)CCN(c2cnccn2)C1. The van der Waals surface area contributed by atoms with E-state index in [2.05, 4.69) is 19.8 Å². The highest BCUT2D eigenvalue weighted by atomic mass is 16.7. The molecule has 1 saturated heterocycles. The Bertz CT molecular complexity index is 697. The van der Waals surface area contributed by atoms with E-state index in [1.165, 1.54) is 0 Å². The number of aromatic nitrogens is 2. The maximum Gasteiger partial charge on any atom is 0.231 e. The molecule has 0 spiro atoms. The van der Waals surface area contributed by atoms with Crippen LogP contribution in [0.5, 0.6) is 11.5 Å². The fourth-order valence-corrected chi connectivity index (χ4v) is 3.16. The van der Waals surface area contributed by atoms with Gasteiger partial charge in [-0.3, -0.25) is 9.88 Å². The summed E-state index contributed by atoms with van der Waals surface area (Å²) in [5.74, 6) is 2.40. The van der Waals surface area contributed by atoms with Crippen LogP contribution in [0.1, 0.15) is 5.56 Å². The average molecular weight is 328 g/mol. The van der Waals surface area contributed by atoms with Gasteiger partial charge in [0, 0.05) is 45.1 Å². The van der Waals surface area contributed by atoms with E-state index < -0.39 is 6.10 Å². The lowest BCUT2D eigenvalue weighted by molar-refractivity contribution is 0.129. The zero-order valence-corrected chi connectivity index (χ0v) is 13.3. The van der Waals surface area contributed by atoms with E-state index in [-0.39, 0.29) is 6.79 Å². The van der Waals surface area contributed by atoms with Crippen molar-refractivity contribution in [3.8, 4) is 11.5 Å². The van der Waals surface area contributed by atoms with Gasteiger partial charge in [-0.25, -0.2) is 4.98 Å². The number of β-amino-alcohol motifs (C(OH)–C–C–N with tert-alkyl or cyclic N) is 1. The number of aliphatic hydroxyl groups is 1. The molecule has 3 heterocycles. The molecule has 1 aromatic heterocycles. The van der Waals surface area contributed by atoms with E-state index in [0.29, 0.717) is 13.1 Å². The first-order valence-electron chi connectivity index (χ1n) is 8.08. The normalized spacial score (nSPS) is 20.9. The smallest absolute Gasteiger partial charge is 0.231 e. The Hall–Kier alpha value is -2.38. The topological polar surface area (TPSA) is 71.0 Å². The second kappa shape index (κ2) is 6.62. The van der Waals surface area contributed by atoms with Gasteiger partial charge < -0.3 is 19.5 Å². The summed E-state index contributed by atoms with van der Waals surface area (Å²) >= 11 is 0. The van der Waals surface area contributed by atoms with Crippen LogP contribution in [0, 0.1) is 0 Å². The third kappa shape index (κ3) is 3.27. The lowest BCUT2D eigenvalue weighted by Crippen LogP contribution is -2.33. The van der Waals surface area contributed by atoms with Crippen molar-refractivity contribution in [2.45, 2.75) is 12.6 Å². The first-order valence-corrected chi connectivity index (χ1v) is 8.08. The Morgan fingerprint density at radius 2 is 2.04 bits per heavy atom. The van der Waals surface area contributed by atoms with Crippen LogP contribution in [0.2, 0.25) is 0 Å². The molecular formula is C17H20N4O3. The first kappa shape index (κ1) is 15.2. The molecule has 0 aliphatic carbocycles. The van der Waals surface area contributed by atoms with Gasteiger partial charge in [0.05, 0.1) is 12.3 Å². The summed E-state index contributed by atoms with van der Waals surface area (Å²) in [4.78, 5) is 12.8. The number of hydrogen-bond acceptors (Lipinski definition) is 7. The van der Waals surface area contributed by atoms with Crippen molar-refractivity contribution in [2.24, 2.45) is 0 Å². The van der Waals surface area contributed by atoms with Crippen LogP contribution in [-0.2, 0) is 6.54 Å². The molecule has 1 atom stereocenters. The fraction of sp³-hybridized carbons (Fsp3) is 0.412. The minimum atomic E-state index is -0.427. The van der Waals surface area contributed by atoms with Gasteiger partial charge in [0.1, 0.15) is 5.82 Å². The van der Waals surface area contributed by atoms with Gasteiger partial charge in [0.2, 0.25) is 6.79 Å². The van der Waals surface area contributed by atoms with E-state index in [9.17, 15) is 5.11 Å². The lowest BCUT2D eigenvalue weighted by atomic mass is 10.2. The van der Waals surface area contributed by atoms with Gasteiger partial charge in [-0.05, 0) is 17.7 Å². The van der Waals surface area contributed by atoms with Crippen molar-refractivity contribution >= 4 is 5.82 Å². The minimum absolute atomic E-state index is 0.286. The zero-order valence-electron chi connectivity index (χ0n) is 13.3. The van der Waals surface area contributed by atoms with Gasteiger partial charge >= 0.3 is 0 Å². The third-order valence-corrected chi connectivity index (χ3v) is 4.30. The summed E-state index contributed by atoms with van der Waals surface area (Å²) < 4.78 is 10.8. The Labute approximate surface area is 140 Å². The van der Waals surface area contributed by atoms with Gasteiger partial charge in [-0.2, -0.15) is 0 Å². The van der Waals surface area contributed by atoms with Crippen LogP contribution in [0.15, 0.2) is 36.8 Å². The standard InChI is InChI=1S/C17H20N4O3/c22-14-10-20(5-6-21(11-14)17-8-18-3-4-19-17)9-13-1-2-15-16(7-13)24-12-23-15/h1-4,7-8,14,22H,5-6,9-12H2/t14-/m0/s1. The molecule has 0 unspecified atom stereocenters. The minimum Gasteiger partial charge on any atom is -0.454 e. The van der Waals surface area contributed by atoms with Crippen LogP contribution in [-0.4, -0.2) is 59.1 Å².